The maximum Gasteiger partial charge on any atom is 0.0489 e. The largest absolute Gasteiger partial charge is 0.313 e. The van der Waals surface area contributed by atoms with Gasteiger partial charge in [-0.1, -0.05) is 27.5 Å². The van der Waals surface area contributed by atoms with Crippen molar-refractivity contribution in [3.8, 4) is 0 Å². The molecule has 0 amide bonds. The van der Waals surface area contributed by atoms with Crippen molar-refractivity contribution >= 4 is 27.5 Å². The van der Waals surface area contributed by atoms with Gasteiger partial charge in [-0.3, -0.25) is 4.68 Å². The Balaban J connectivity index is 1.70. The molecule has 0 spiro atoms. The molecule has 3 nitrogen and oxygen atoms in total. The highest BCUT2D eigenvalue weighted by molar-refractivity contribution is 9.10. The molecule has 0 radical (unpaired) electrons. The van der Waals surface area contributed by atoms with Crippen molar-refractivity contribution in [1.29, 1.82) is 0 Å². The van der Waals surface area contributed by atoms with Crippen LogP contribution in [-0.2, 0) is 13.1 Å². The van der Waals surface area contributed by atoms with E-state index in [1.165, 1.54) is 0 Å². The quantitative estimate of drug-likeness (QED) is 0.823. The highest BCUT2D eigenvalue weighted by Gasteiger charge is 2.00. The third kappa shape index (κ3) is 4.12. The first-order chi connectivity index (χ1) is 8.75. The zero-order valence-electron chi connectivity index (χ0n) is 9.94. The van der Waals surface area contributed by atoms with Gasteiger partial charge < -0.3 is 5.32 Å². The Morgan fingerprint density at radius 2 is 2.28 bits per heavy atom. The van der Waals surface area contributed by atoms with Crippen LogP contribution in [0.4, 0.5) is 0 Å². The predicted molar refractivity (Wildman–Crippen MR) is 77.7 cm³/mol. The van der Waals surface area contributed by atoms with Gasteiger partial charge in [-0.2, -0.15) is 5.10 Å². The molecule has 1 N–H and O–H groups in total. The number of halogens is 2. The Kier molecular flexibility index (Phi) is 5.23. The second-order valence-corrected chi connectivity index (χ2v) is 5.36. The van der Waals surface area contributed by atoms with E-state index in [9.17, 15) is 0 Å². The summed E-state index contributed by atoms with van der Waals surface area (Å²) in [5, 5.41) is 8.35. The molecule has 2 aromatic rings. The summed E-state index contributed by atoms with van der Waals surface area (Å²) in [6.45, 7) is 2.67. The maximum absolute atomic E-state index is 6.12. The summed E-state index contributed by atoms with van der Waals surface area (Å²) < 4.78 is 2.99. The van der Waals surface area contributed by atoms with Gasteiger partial charge in [0.25, 0.3) is 0 Å². The lowest BCUT2D eigenvalue weighted by atomic mass is 10.2. The van der Waals surface area contributed by atoms with Crippen molar-refractivity contribution in [2.75, 3.05) is 6.54 Å². The van der Waals surface area contributed by atoms with E-state index < -0.39 is 0 Å². The van der Waals surface area contributed by atoms with Gasteiger partial charge in [0.1, 0.15) is 0 Å². The molecule has 96 valence electrons. The van der Waals surface area contributed by atoms with Crippen LogP contribution in [0.3, 0.4) is 0 Å². The SMILES string of the molecule is Clc1ccc(Br)cc1CNCCCn1cccn1. The number of hydrogen-bond acceptors (Lipinski definition) is 2. The third-order valence-electron chi connectivity index (χ3n) is 2.62. The fourth-order valence-corrected chi connectivity index (χ4v) is 2.29. The molecular weight excluding hydrogens is 314 g/mol. The Morgan fingerprint density at radius 3 is 3.06 bits per heavy atom. The first-order valence-corrected chi connectivity index (χ1v) is 7.05. The molecule has 0 bridgehead atoms. The zero-order valence-corrected chi connectivity index (χ0v) is 12.3. The molecule has 0 atom stereocenters. The van der Waals surface area contributed by atoms with Crippen LogP contribution in [0.25, 0.3) is 0 Å². The van der Waals surface area contributed by atoms with Gasteiger partial charge in [-0.05, 0) is 42.8 Å². The Hall–Kier alpha value is -0.840. The van der Waals surface area contributed by atoms with Crippen LogP contribution in [0.1, 0.15) is 12.0 Å². The number of nitrogens with one attached hydrogen (secondary N) is 1. The lowest BCUT2D eigenvalue weighted by Gasteiger charge is -2.07. The van der Waals surface area contributed by atoms with E-state index in [-0.39, 0.29) is 0 Å². The van der Waals surface area contributed by atoms with Crippen LogP contribution < -0.4 is 5.32 Å². The van der Waals surface area contributed by atoms with E-state index in [0.717, 1.165) is 41.1 Å². The fourth-order valence-electron chi connectivity index (χ4n) is 1.70. The van der Waals surface area contributed by atoms with Crippen molar-refractivity contribution in [3.05, 3.63) is 51.7 Å². The van der Waals surface area contributed by atoms with Crippen molar-refractivity contribution in [2.24, 2.45) is 0 Å². The molecule has 2 rings (SSSR count). The molecule has 5 heteroatoms. The van der Waals surface area contributed by atoms with Gasteiger partial charge in [0, 0.05) is 35.0 Å². The van der Waals surface area contributed by atoms with Crippen LogP contribution in [0.2, 0.25) is 5.02 Å². The minimum atomic E-state index is 0.789. The second kappa shape index (κ2) is 6.92. The van der Waals surface area contributed by atoms with E-state index >= 15 is 0 Å². The van der Waals surface area contributed by atoms with Crippen LogP contribution in [0.15, 0.2) is 41.1 Å². The summed E-state index contributed by atoms with van der Waals surface area (Å²) in [7, 11) is 0. The molecule has 0 aliphatic carbocycles. The molecule has 0 aliphatic heterocycles. The van der Waals surface area contributed by atoms with Gasteiger partial charge >= 0.3 is 0 Å². The lowest BCUT2D eigenvalue weighted by molar-refractivity contribution is 0.543. The number of rotatable bonds is 6. The number of aromatic nitrogens is 2. The summed E-state index contributed by atoms with van der Waals surface area (Å²) in [6.07, 6.45) is 4.83. The Labute approximate surface area is 120 Å². The Morgan fingerprint density at radius 1 is 1.39 bits per heavy atom. The highest BCUT2D eigenvalue weighted by atomic mass is 79.9. The molecule has 0 aliphatic rings. The van der Waals surface area contributed by atoms with Crippen molar-refractivity contribution in [3.63, 3.8) is 0 Å². The lowest BCUT2D eigenvalue weighted by Crippen LogP contribution is -2.16. The number of aryl methyl sites for hydroxylation is 1. The van der Waals surface area contributed by atoms with Crippen LogP contribution in [0, 0.1) is 0 Å². The van der Waals surface area contributed by atoms with Crippen LogP contribution in [-0.4, -0.2) is 16.3 Å². The molecule has 0 fully saturated rings. The maximum atomic E-state index is 6.12. The first kappa shape index (κ1) is 13.6. The molecule has 1 aromatic carbocycles. The van der Waals surface area contributed by atoms with Crippen molar-refractivity contribution in [2.45, 2.75) is 19.5 Å². The molecule has 0 saturated carbocycles. The zero-order chi connectivity index (χ0) is 12.8. The predicted octanol–water partition coefficient (Wildman–Crippen LogP) is 3.48. The van der Waals surface area contributed by atoms with Gasteiger partial charge in [-0.15, -0.1) is 0 Å². The molecule has 18 heavy (non-hydrogen) atoms. The van der Waals surface area contributed by atoms with E-state index in [2.05, 4.69) is 26.3 Å². The molecule has 0 saturated heterocycles. The van der Waals surface area contributed by atoms with E-state index in [1.54, 1.807) is 6.20 Å². The average molecular weight is 329 g/mol. The molecule has 0 unspecified atom stereocenters. The minimum absolute atomic E-state index is 0.789. The second-order valence-electron chi connectivity index (χ2n) is 4.04. The smallest absolute Gasteiger partial charge is 0.0489 e. The van der Waals surface area contributed by atoms with Crippen LogP contribution in [0.5, 0.6) is 0 Å². The number of hydrogen-bond donors (Lipinski definition) is 1. The number of benzene rings is 1. The van der Waals surface area contributed by atoms with Gasteiger partial charge in [0.2, 0.25) is 0 Å². The minimum Gasteiger partial charge on any atom is -0.313 e. The highest BCUT2D eigenvalue weighted by Crippen LogP contribution is 2.20. The van der Waals surface area contributed by atoms with Crippen LogP contribution >= 0.6 is 27.5 Å². The average Bonchev–Trinajstić information content (AvgIpc) is 2.86. The molecule has 1 heterocycles. The summed E-state index contributed by atoms with van der Waals surface area (Å²) in [5.41, 5.74) is 1.12. The van der Waals surface area contributed by atoms with Crippen molar-refractivity contribution in [1.82, 2.24) is 15.1 Å². The molecule has 1 aromatic heterocycles. The topological polar surface area (TPSA) is 29.9 Å². The summed E-state index contributed by atoms with van der Waals surface area (Å²) in [6, 6.07) is 7.84. The standard InChI is InChI=1S/C13H15BrClN3/c14-12-3-4-13(15)11(9-12)10-16-5-1-7-18-8-2-6-17-18/h2-4,6,8-9,16H,1,5,7,10H2. The number of nitrogens with zero attached hydrogens (tertiary/aromatic N) is 2. The Bertz CT molecular complexity index is 485. The third-order valence-corrected chi connectivity index (χ3v) is 3.49. The van der Waals surface area contributed by atoms with E-state index in [4.69, 9.17) is 11.6 Å². The summed E-state index contributed by atoms with van der Waals surface area (Å²) in [4.78, 5) is 0. The fraction of sp³-hybridized carbons (Fsp3) is 0.308. The van der Waals surface area contributed by atoms with E-state index in [0.29, 0.717) is 0 Å². The summed E-state index contributed by atoms with van der Waals surface area (Å²) >= 11 is 9.56. The molecular formula is C13H15BrClN3. The summed E-state index contributed by atoms with van der Waals surface area (Å²) in [5.74, 6) is 0. The van der Waals surface area contributed by atoms with Gasteiger partial charge in [0.05, 0.1) is 0 Å². The van der Waals surface area contributed by atoms with Gasteiger partial charge in [-0.25, -0.2) is 0 Å². The van der Waals surface area contributed by atoms with Crippen molar-refractivity contribution < 1.29 is 0 Å². The normalized spacial score (nSPS) is 10.8. The first-order valence-electron chi connectivity index (χ1n) is 5.88. The van der Waals surface area contributed by atoms with E-state index in [1.807, 2.05) is 35.1 Å². The monoisotopic (exact) mass is 327 g/mol. The van der Waals surface area contributed by atoms with Gasteiger partial charge in [0.15, 0.2) is 0 Å².